The standard InChI is InChI=1S/C29H30IN3O2/c1-29(2,3)32-28(35)27(20-11-5-4-6-12-20)33(25-16-10-8-14-23(25)30)26(34)18-17-21-19-31-24-15-9-7-13-22(21)24/h4-16,19,27,31H,17-18H2,1-3H3,(H,32,35). The number of benzene rings is 3. The second kappa shape index (κ2) is 10.6. The van der Waals surface area contributed by atoms with E-state index in [1.165, 1.54) is 0 Å². The van der Waals surface area contributed by atoms with E-state index in [0.29, 0.717) is 6.42 Å². The van der Waals surface area contributed by atoms with Gasteiger partial charge in [0.2, 0.25) is 11.8 Å². The zero-order chi connectivity index (χ0) is 25.0. The van der Waals surface area contributed by atoms with E-state index in [9.17, 15) is 9.59 Å². The number of aryl methyl sites for hydroxylation is 1. The van der Waals surface area contributed by atoms with Crippen LogP contribution in [0.4, 0.5) is 5.69 Å². The molecule has 180 valence electrons. The number of anilines is 1. The van der Waals surface area contributed by atoms with Crippen LogP contribution in [0.5, 0.6) is 0 Å². The molecule has 3 aromatic carbocycles. The predicted octanol–water partition coefficient (Wildman–Crippen LogP) is 6.39. The average molecular weight is 579 g/mol. The maximum absolute atomic E-state index is 13.9. The smallest absolute Gasteiger partial charge is 0.248 e. The van der Waals surface area contributed by atoms with Gasteiger partial charge in [0.25, 0.3) is 0 Å². The van der Waals surface area contributed by atoms with Crippen LogP contribution in [0, 0.1) is 3.57 Å². The van der Waals surface area contributed by atoms with Crippen molar-refractivity contribution in [3.63, 3.8) is 0 Å². The molecule has 1 aromatic heterocycles. The first kappa shape index (κ1) is 25.0. The summed E-state index contributed by atoms with van der Waals surface area (Å²) in [5.41, 5.74) is 3.21. The monoisotopic (exact) mass is 579 g/mol. The van der Waals surface area contributed by atoms with Gasteiger partial charge < -0.3 is 10.3 Å². The lowest BCUT2D eigenvalue weighted by molar-refractivity contribution is -0.127. The number of aromatic nitrogens is 1. The Balaban J connectivity index is 1.73. The molecule has 1 atom stereocenters. The van der Waals surface area contributed by atoms with Crippen LogP contribution >= 0.6 is 22.6 Å². The molecule has 0 radical (unpaired) electrons. The van der Waals surface area contributed by atoms with Gasteiger partial charge in [-0.15, -0.1) is 0 Å². The number of nitrogens with one attached hydrogen (secondary N) is 2. The van der Waals surface area contributed by atoms with Crippen molar-refractivity contribution in [3.8, 4) is 0 Å². The quantitative estimate of drug-likeness (QED) is 0.249. The predicted molar refractivity (Wildman–Crippen MR) is 150 cm³/mol. The first-order chi connectivity index (χ1) is 16.7. The fourth-order valence-electron chi connectivity index (χ4n) is 4.26. The number of nitrogens with zero attached hydrogens (tertiary/aromatic N) is 1. The Hall–Kier alpha value is -3.13. The van der Waals surface area contributed by atoms with Crippen molar-refractivity contribution in [2.45, 2.75) is 45.2 Å². The number of carbonyl (C=O) groups is 2. The van der Waals surface area contributed by atoms with Crippen molar-refractivity contribution in [1.29, 1.82) is 0 Å². The first-order valence-electron chi connectivity index (χ1n) is 11.7. The zero-order valence-electron chi connectivity index (χ0n) is 20.2. The van der Waals surface area contributed by atoms with Crippen LogP contribution in [0.3, 0.4) is 0 Å². The molecule has 5 nitrogen and oxygen atoms in total. The third-order valence-electron chi connectivity index (χ3n) is 5.78. The van der Waals surface area contributed by atoms with Gasteiger partial charge in [0.05, 0.1) is 5.69 Å². The summed E-state index contributed by atoms with van der Waals surface area (Å²) in [6, 6.07) is 24.5. The number of H-pyrrole nitrogens is 1. The number of halogens is 1. The van der Waals surface area contributed by atoms with Gasteiger partial charge in [-0.2, -0.15) is 0 Å². The van der Waals surface area contributed by atoms with E-state index >= 15 is 0 Å². The molecule has 6 heteroatoms. The highest BCUT2D eigenvalue weighted by atomic mass is 127. The lowest BCUT2D eigenvalue weighted by atomic mass is 10.00. The Bertz CT molecular complexity index is 1320. The molecule has 4 aromatic rings. The second-order valence-electron chi connectivity index (χ2n) is 9.63. The summed E-state index contributed by atoms with van der Waals surface area (Å²) in [5, 5.41) is 4.21. The van der Waals surface area contributed by atoms with Crippen LogP contribution in [0.1, 0.15) is 44.4 Å². The Kier molecular flexibility index (Phi) is 7.60. The number of fused-ring (bicyclic) bond motifs is 1. The topological polar surface area (TPSA) is 65.2 Å². The van der Waals surface area contributed by atoms with Crippen molar-refractivity contribution in [2.75, 3.05) is 4.90 Å². The summed E-state index contributed by atoms with van der Waals surface area (Å²) in [5.74, 6) is -0.305. The molecule has 0 aliphatic carbocycles. The molecule has 35 heavy (non-hydrogen) atoms. The molecule has 0 aliphatic heterocycles. The largest absolute Gasteiger partial charge is 0.361 e. The number of aromatic amines is 1. The molecule has 2 N–H and O–H groups in total. The maximum atomic E-state index is 13.9. The van der Waals surface area contributed by atoms with E-state index in [2.05, 4.69) is 39.0 Å². The summed E-state index contributed by atoms with van der Waals surface area (Å²) in [4.78, 5) is 32.6. The molecule has 0 saturated heterocycles. The number of amides is 2. The molecule has 0 aliphatic rings. The molecule has 1 heterocycles. The average Bonchev–Trinajstić information content (AvgIpc) is 3.24. The second-order valence-corrected chi connectivity index (χ2v) is 10.8. The molecular weight excluding hydrogens is 549 g/mol. The van der Waals surface area contributed by atoms with Crippen LogP contribution in [-0.2, 0) is 16.0 Å². The van der Waals surface area contributed by atoms with Gasteiger partial charge in [0, 0.05) is 32.6 Å². The fourth-order valence-corrected chi connectivity index (χ4v) is 4.90. The summed E-state index contributed by atoms with van der Waals surface area (Å²) < 4.78 is 0.912. The van der Waals surface area contributed by atoms with Gasteiger partial charge in [-0.05, 0) is 79.1 Å². The normalized spacial score (nSPS) is 12.3. The molecule has 1 unspecified atom stereocenters. The van der Waals surface area contributed by atoms with E-state index in [-0.39, 0.29) is 18.2 Å². The number of hydrogen-bond acceptors (Lipinski definition) is 2. The van der Waals surface area contributed by atoms with Gasteiger partial charge >= 0.3 is 0 Å². The van der Waals surface area contributed by atoms with Gasteiger partial charge in [-0.25, -0.2) is 0 Å². The summed E-state index contributed by atoms with van der Waals surface area (Å²) in [6.07, 6.45) is 2.82. The van der Waals surface area contributed by atoms with Gasteiger partial charge in [-0.3, -0.25) is 14.5 Å². The fraction of sp³-hybridized carbons (Fsp3) is 0.241. The van der Waals surface area contributed by atoms with E-state index < -0.39 is 11.6 Å². The van der Waals surface area contributed by atoms with Crippen LogP contribution < -0.4 is 10.2 Å². The SMILES string of the molecule is CC(C)(C)NC(=O)C(c1ccccc1)N(C(=O)CCc1c[nH]c2ccccc12)c1ccccc1I. The minimum Gasteiger partial charge on any atom is -0.361 e. The van der Waals surface area contributed by atoms with E-state index in [0.717, 1.165) is 31.3 Å². The zero-order valence-corrected chi connectivity index (χ0v) is 22.4. The highest BCUT2D eigenvalue weighted by Crippen LogP contribution is 2.33. The van der Waals surface area contributed by atoms with Crippen LogP contribution in [0.2, 0.25) is 0 Å². The van der Waals surface area contributed by atoms with Gasteiger partial charge in [-0.1, -0.05) is 60.7 Å². The number of rotatable bonds is 7. The van der Waals surface area contributed by atoms with Crippen molar-refractivity contribution in [1.82, 2.24) is 10.3 Å². The summed E-state index contributed by atoms with van der Waals surface area (Å²) in [6.45, 7) is 5.84. The van der Waals surface area contributed by atoms with Crippen molar-refractivity contribution < 1.29 is 9.59 Å². The van der Waals surface area contributed by atoms with Crippen LogP contribution in [0.25, 0.3) is 10.9 Å². The third kappa shape index (κ3) is 5.93. The lowest BCUT2D eigenvalue weighted by Gasteiger charge is -2.34. The van der Waals surface area contributed by atoms with Crippen LogP contribution in [-0.4, -0.2) is 22.3 Å². The minimum atomic E-state index is -0.790. The number of carbonyl (C=O) groups excluding carboxylic acids is 2. The molecule has 2 amide bonds. The van der Waals surface area contributed by atoms with E-state index in [1.54, 1.807) is 4.90 Å². The number of para-hydroxylation sites is 2. The molecular formula is C29H30IN3O2. The maximum Gasteiger partial charge on any atom is 0.248 e. The molecule has 0 spiro atoms. The van der Waals surface area contributed by atoms with E-state index in [4.69, 9.17) is 0 Å². The molecule has 0 fully saturated rings. The Morgan fingerprint density at radius 3 is 2.31 bits per heavy atom. The summed E-state index contributed by atoms with van der Waals surface area (Å²) >= 11 is 2.23. The van der Waals surface area contributed by atoms with Crippen molar-refractivity contribution in [2.24, 2.45) is 0 Å². The van der Waals surface area contributed by atoms with E-state index in [1.807, 2.05) is 99.8 Å². The summed E-state index contributed by atoms with van der Waals surface area (Å²) in [7, 11) is 0. The van der Waals surface area contributed by atoms with Gasteiger partial charge in [0.1, 0.15) is 6.04 Å². The molecule has 0 bridgehead atoms. The van der Waals surface area contributed by atoms with Crippen molar-refractivity contribution >= 4 is 51.0 Å². The minimum absolute atomic E-state index is 0.0997. The third-order valence-corrected chi connectivity index (χ3v) is 6.70. The highest BCUT2D eigenvalue weighted by molar-refractivity contribution is 14.1. The Morgan fingerprint density at radius 2 is 1.60 bits per heavy atom. The first-order valence-corrected chi connectivity index (χ1v) is 12.8. The molecule has 4 rings (SSSR count). The van der Waals surface area contributed by atoms with Crippen molar-refractivity contribution in [3.05, 3.63) is 99.8 Å². The Morgan fingerprint density at radius 1 is 0.943 bits per heavy atom. The number of hydrogen-bond donors (Lipinski definition) is 2. The molecule has 0 saturated carbocycles. The Labute approximate surface area is 220 Å². The van der Waals surface area contributed by atoms with Crippen LogP contribution in [0.15, 0.2) is 85.1 Å². The lowest BCUT2D eigenvalue weighted by Crippen LogP contribution is -2.49. The van der Waals surface area contributed by atoms with Gasteiger partial charge in [0.15, 0.2) is 0 Å². The highest BCUT2D eigenvalue weighted by Gasteiger charge is 2.35.